The number of carbonyl (C=O) groups is 2. The van der Waals surface area contributed by atoms with Crippen molar-refractivity contribution in [3.8, 4) is 11.5 Å². The molecule has 0 bridgehead atoms. The Kier molecular flexibility index (Phi) is 10.6. The maximum absolute atomic E-state index is 13.8. The van der Waals surface area contributed by atoms with Crippen molar-refractivity contribution in [2.45, 2.75) is 52.7 Å². The molecule has 10 heteroatoms. The Morgan fingerprint density at radius 2 is 1.75 bits per heavy atom. The number of methoxy groups -OCH3 is 1. The number of hydrogen-bond acceptors (Lipinski definition) is 6. The molecule has 0 aliphatic rings. The Morgan fingerprint density at radius 1 is 1.06 bits per heavy atom. The monoisotopic (exact) mass is 519 g/mol. The molecular weight excluding hydrogens is 482 g/mol. The highest BCUT2D eigenvalue weighted by molar-refractivity contribution is 7.92. The molecule has 0 unspecified atom stereocenters. The van der Waals surface area contributed by atoms with Crippen molar-refractivity contribution in [2.75, 3.05) is 30.8 Å². The molecule has 2 aromatic rings. The van der Waals surface area contributed by atoms with E-state index < -0.39 is 28.5 Å². The molecule has 0 aromatic heterocycles. The summed E-state index contributed by atoms with van der Waals surface area (Å²) in [6.07, 6.45) is 1.39. The number of sulfonamides is 1. The minimum Gasteiger partial charge on any atom is -0.497 e. The van der Waals surface area contributed by atoms with E-state index in [1.54, 1.807) is 56.5 Å². The minimum atomic E-state index is -3.86. The predicted molar refractivity (Wildman–Crippen MR) is 141 cm³/mol. The van der Waals surface area contributed by atoms with Crippen LogP contribution >= 0.6 is 0 Å². The van der Waals surface area contributed by atoms with E-state index in [1.807, 2.05) is 26.8 Å². The summed E-state index contributed by atoms with van der Waals surface area (Å²) in [6, 6.07) is 12.9. The maximum Gasteiger partial charge on any atom is 0.244 e. The fourth-order valence-corrected chi connectivity index (χ4v) is 4.66. The molecule has 9 nitrogen and oxygen atoms in total. The molecule has 0 heterocycles. The summed E-state index contributed by atoms with van der Waals surface area (Å²) in [5, 5.41) is 2.87. The third kappa shape index (κ3) is 7.87. The maximum atomic E-state index is 13.8. The van der Waals surface area contributed by atoms with E-state index in [0.717, 1.165) is 16.1 Å². The zero-order valence-electron chi connectivity index (χ0n) is 21.9. The molecule has 1 atom stereocenters. The number of nitrogens with one attached hydrogen (secondary N) is 1. The molecule has 0 saturated heterocycles. The van der Waals surface area contributed by atoms with Crippen molar-refractivity contribution >= 4 is 27.5 Å². The van der Waals surface area contributed by atoms with Crippen molar-refractivity contribution < 1.29 is 27.5 Å². The smallest absolute Gasteiger partial charge is 0.244 e. The molecular formula is C26H37N3O6S. The van der Waals surface area contributed by atoms with Gasteiger partial charge < -0.3 is 19.7 Å². The third-order valence-corrected chi connectivity index (χ3v) is 6.54. The molecule has 1 N–H and O–H groups in total. The van der Waals surface area contributed by atoms with Crippen molar-refractivity contribution in [3.63, 3.8) is 0 Å². The van der Waals surface area contributed by atoms with Gasteiger partial charge >= 0.3 is 0 Å². The lowest BCUT2D eigenvalue weighted by atomic mass is 10.1. The molecule has 0 radical (unpaired) electrons. The fraction of sp³-hybridized carbons (Fsp3) is 0.462. The lowest BCUT2D eigenvalue weighted by Gasteiger charge is -2.33. The quantitative estimate of drug-likeness (QED) is 0.436. The van der Waals surface area contributed by atoms with Gasteiger partial charge in [0.15, 0.2) is 0 Å². The summed E-state index contributed by atoms with van der Waals surface area (Å²) in [5.41, 5.74) is 1.01. The number of hydrogen-bond donors (Lipinski definition) is 1. The number of amides is 2. The normalized spacial score (nSPS) is 12.1. The van der Waals surface area contributed by atoms with Gasteiger partial charge in [-0.15, -0.1) is 0 Å². The Labute approximate surface area is 214 Å². The molecule has 0 saturated carbocycles. The molecule has 36 heavy (non-hydrogen) atoms. The van der Waals surface area contributed by atoms with E-state index in [-0.39, 0.29) is 24.2 Å². The summed E-state index contributed by atoms with van der Waals surface area (Å²) in [5.74, 6) is 0.148. The zero-order chi connectivity index (χ0) is 26.9. The first-order valence-electron chi connectivity index (χ1n) is 11.9. The molecule has 0 fully saturated rings. The minimum absolute atomic E-state index is 0.102. The average Bonchev–Trinajstić information content (AvgIpc) is 2.82. The number of para-hydroxylation sites is 2. The molecule has 2 rings (SSSR count). The van der Waals surface area contributed by atoms with Gasteiger partial charge in [-0.3, -0.25) is 13.9 Å². The first-order valence-corrected chi connectivity index (χ1v) is 13.8. The first-order chi connectivity index (χ1) is 17.0. The lowest BCUT2D eigenvalue weighted by Crippen LogP contribution is -2.53. The third-order valence-electron chi connectivity index (χ3n) is 5.42. The standard InChI is InChI=1S/C26H37N3O6S/c1-7-22(26(31)27-19(3)4)28(17-20-12-11-13-21(16-20)34-5)25(30)18-29(36(6,32)33)23-14-9-10-15-24(23)35-8-2/h9-16,19,22H,7-8,17-18H2,1-6H3,(H,27,31)/t22-/m1/s1. The van der Waals surface area contributed by atoms with Gasteiger partial charge in [0, 0.05) is 12.6 Å². The molecule has 0 spiro atoms. The van der Waals surface area contributed by atoms with Gasteiger partial charge in [0.05, 0.1) is 25.7 Å². The Balaban J connectivity index is 2.50. The van der Waals surface area contributed by atoms with Gasteiger partial charge in [0.25, 0.3) is 0 Å². The van der Waals surface area contributed by atoms with Crippen LogP contribution in [0.4, 0.5) is 5.69 Å². The second-order valence-corrected chi connectivity index (χ2v) is 10.5. The molecule has 2 aromatic carbocycles. The first kappa shape index (κ1) is 29.0. The predicted octanol–water partition coefficient (Wildman–Crippen LogP) is 3.19. The van der Waals surface area contributed by atoms with Gasteiger partial charge in [-0.25, -0.2) is 8.42 Å². The highest BCUT2D eigenvalue weighted by Gasteiger charge is 2.32. The largest absolute Gasteiger partial charge is 0.497 e. The Morgan fingerprint density at radius 3 is 2.33 bits per heavy atom. The van der Waals surface area contributed by atoms with Crippen molar-refractivity contribution in [3.05, 3.63) is 54.1 Å². The SMILES string of the molecule is CCOc1ccccc1N(CC(=O)N(Cc1cccc(OC)c1)[C@H](CC)C(=O)NC(C)C)S(C)(=O)=O. The zero-order valence-corrected chi connectivity index (χ0v) is 22.7. The summed E-state index contributed by atoms with van der Waals surface area (Å²) >= 11 is 0. The van der Waals surface area contributed by atoms with Gasteiger partial charge in [0.2, 0.25) is 21.8 Å². The van der Waals surface area contributed by atoms with Crippen LogP contribution in [0.5, 0.6) is 11.5 Å². The van der Waals surface area contributed by atoms with E-state index in [0.29, 0.717) is 24.5 Å². The highest BCUT2D eigenvalue weighted by Crippen LogP contribution is 2.30. The summed E-state index contributed by atoms with van der Waals surface area (Å²) in [6.45, 7) is 7.24. The number of ether oxygens (including phenoxy) is 2. The molecule has 2 amide bonds. The van der Waals surface area contributed by atoms with Crippen molar-refractivity contribution in [2.24, 2.45) is 0 Å². The summed E-state index contributed by atoms with van der Waals surface area (Å²) in [7, 11) is -2.31. The van der Waals surface area contributed by atoms with E-state index in [4.69, 9.17) is 9.47 Å². The number of nitrogens with zero attached hydrogens (tertiary/aromatic N) is 2. The van der Waals surface area contributed by atoms with Gasteiger partial charge in [0.1, 0.15) is 24.1 Å². The van der Waals surface area contributed by atoms with Crippen LogP contribution < -0.4 is 19.1 Å². The Hall–Kier alpha value is -3.27. The van der Waals surface area contributed by atoms with E-state index in [2.05, 4.69) is 5.32 Å². The van der Waals surface area contributed by atoms with Crippen LogP contribution in [0.2, 0.25) is 0 Å². The van der Waals surface area contributed by atoms with Crippen LogP contribution in [-0.2, 0) is 26.2 Å². The lowest BCUT2D eigenvalue weighted by molar-refractivity contribution is -0.140. The molecule has 0 aliphatic heterocycles. The number of carbonyl (C=O) groups excluding carboxylic acids is 2. The van der Waals surface area contributed by atoms with Crippen LogP contribution in [0.25, 0.3) is 0 Å². The number of rotatable bonds is 13. The van der Waals surface area contributed by atoms with E-state index in [1.165, 1.54) is 4.90 Å². The second-order valence-electron chi connectivity index (χ2n) is 8.63. The van der Waals surface area contributed by atoms with E-state index >= 15 is 0 Å². The van der Waals surface area contributed by atoms with Crippen LogP contribution in [0.1, 0.15) is 39.7 Å². The van der Waals surface area contributed by atoms with Gasteiger partial charge in [-0.05, 0) is 57.0 Å². The van der Waals surface area contributed by atoms with Crippen LogP contribution in [0.15, 0.2) is 48.5 Å². The highest BCUT2D eigenvalue weighted by atomic mass is 32.2. The van der Waals surface area contributed by atoms with Gasteiger partial charge in [-0.1, -0.05) is 31.2 Å². The second kappa shape index (κ2) is 13.2. The molecule has 0 aliphatic carbocycles. The van der Waals surface area contributed by atoms with Crippen molar-refractivity contribution in [1.82, 2.24) is 10.2 Å². The summed E-state index contributed by atoms with van der Waals surface area (Å²) in [4.78, 5) is 28.2. The van der Waals surface area contributed by atoms with E-state index in [9.17, 15) is 18.0 Å². The summed E-state index contributed by atoms with van der Waals surface area (Å²) < 4.78 is 37.6. The fourth-order valence-electron chi connectivity index (χ4n) is 3.80. The Bertz CT molecular complexity index is 1140. The van der Waals surface area contributed by atoms with Crippen LogP contribution in [0, 0.1) is 0 Å². The average molecular weight is 520 g/mol. The van der Waals surface area contributed by atoms with Crippen LogP contribution in [-0.4, -0.2) is 63.7 Å². The molecule has 198 valence electrons. The van der Waals surface area contributed by atoms with Gasteiger partial charge in [-0.2, -0.15) is 0 Å². The topological polar surface area (TPSA) is 105 Å². The number of anilines is 1. The number of benzene rings is 2. The van der Waals surface area contributed by atoms with Crippen LogP contribution in [0.3, 0.4) is 0 Å². The van der Waals surface area contributed by atoms with Crippen molar-refractivity contribution in [1.29, 1.82) is 0 Å².